The van der Waals surface area contributed by atoms with Crippen LogP contribution in [0.15, 0.2) is 60.9 Å². The highest BCUT2D eigenvalue weighted by molar-refractivity contribution is 7.26. The monoisotopic (exact) mass is 452 g/mol. The first kappa shape index (κ1) is 22.0. The molecule has 0 bridgehead atoms. The molecule has 2 aromatic heterocycles. The Morgan fingerprint density at radius 2 is 1.36 bits per heavy atom. The van der Waals surface area contributed by atoms with Crippen molar-refractivity contribution in [3.05, 3.63) is 72.1 Å². The average molecular weight is 453 g/mol. The van der Waals surface area contributed by atoms with E-state index in [1.54, 1.807) is 6.33 Å². The Bertz CT molecular complexity index is 1480. The Balaban J connectivity index is 1.62. The molecule has 3 heteroatoms. The zero-order chi connectivity index (χ0) is 23.4. The van der Waals surface area contributed by atoms with Crippen molar-refractivity contribution in [2.45, 2.75) is 54.4 Å². The van der Waals surface area contributed by atoms with Gasteiger partial charge in [-0.15, -0.1) is 11.3 Å². The standard InChI is InChI=1S/C30H32N2S/c1-29(2,3)16-19-7-9-21-10-11-22(15-23(21)13-19)26-28-27(32-18-31-26)24-12-8-20(14-25(24)33-28)17-30(4,5)6/h7-15,18H,16-17H2,1-6H3. The Labute approximate surface area is 200 Å². The van der Waals surface area contributed by atoms with Gasteiger partial charge in [-0.3, -0.25) is 0 Å². The molecule has 0 saturated carbocycles. The first-order chi connectivity index (χ1) is 15.6. The molecule has 0 amide bonds. The number of rotatable bonds is 3. The molecule has 0 atom stereocenters. The zero-order valence-electron chi connectivity index (χ0n) is 20.5. The molecular formula is C30H32N2S. The minimum Gasteiger partial charge on any atom is -0.235 e. The second-order valence-electron chi connectivity index (χ2n) is 11.7. The van der Waals surface area contributed by atoms with Gasteiger partial charge in [0.05, 0.1) is 15.9 Å². The number of thiophene rings is 1. The van der Waals surface area contributed by atoms with E-state index in [4.69, 9.17) is 4.98 Å². The van der Waals surface area contributed by atoms with Gasteiger partial charge in [-0.05, 0) is 57.7 Å². The third-order valence-corrected chi connectivity index (χ3v) is 7.11. The van der Waals surface area contributed by atoms with Crippen LogP contribution in [0.5, 0.6) is 0 Å². The van der Waals surface area contributed by atoms with Crippen LogP contribution in [0, 0.1) is 10.8 Å². The Morgan fingerprint density at radius 1 is 0.697 bits per heavy atom. The summed E-state index contributed by atoms with van der Waals surface area (Å²) in [5.74, 6) is 0. The molecule has 2 heterocycles. The lowest BCUT2D eigenvalue weighted by Gasteiger charge is -2.18. The largest absolute Gasteiger partial charge is 0.235 e. The minimum atomic E-state index is 0.270. The van der Waals surface area contributed by atoms with E-state index in [1.165, 1.54) is 36.7 Å². The van der Waals surface area contributed by atoms with Crippen LogP contribution in [0.4, 0.5) is 0 Å². The fourth-order valence-electron chi connectivity index (χ4n) is 4.71. The topological polar surface area (TPSA) is 25.8 Å². The van der Waals surface area contributed by atoms with Crippen LogP contribution in [0.25, 0.3) is 42.3 Å². The maximum atomic E-state index is 4.74. The van der Waals surface area contributed by atoms with E-state index < -0.39 is 0 Å². The van der Waals surface area contributed by atoms with Crippen LogP contribution in [0.2, 0.25) is 0 Å². The number of hydrogen-bond donors (Lipinski definition) is 0. The quantitative estimate of drug-likeness (QED) is 0.273. The van der Waals surface area contributed by atoms with Gasteiger partial charge in [-0.1, -0.05) is 84.0 Å². The summed E-state index contributed by atoms with van der Waals surface area (Å²) in [4.78, 5) is 9.42. The van der Waals surface area contributed by atoms with Gasteiger partial charge in [-0.25, -0.2) is 9.97 Å². The molecule has 0 radical (unpaired) electrons. The normalized spacial score (nSPS) is 12.8. The maximum Gasteiger partial charge on any atom is 0.116 e. The van der Waals surface area contributed by atoms with E-state index in [9.17, 15) is 0 Å². The van der Waals surface area contributed by atoms with Crippen LogP contribution in [0.1, 0.15) is 52.7 Å². The molecule has 5 aromatic rings. The molecule has 0 saturated heterocycles. The first-order valence-electron chi connectivity index (χ1n) is 11.8. The molecular weight excluding hydrogens is 420 g/mol. The van der Waals surface area contributed by atoms with E-state index >= 15 is 0 Å². The molecule has 0 fully saturated rings. The van der Waals surface area contributed by atoms with Gasteiger partial charge in [0.2, 0.25) is 0 Å². The number of nitrogens with zero attached hydrogens (tertiary/aromatic N) is 2. The van der Waals surface area contributed by atoms with Crippen molar-refractivity contribution in [3.8, 4) is 11.3 Å². The van der Waals surface area contributed by atoms with Crippen LogP contribution in [-0.4, -0.2) is 9.97 Å². The summed E-state index contributed by atoms with van der Waals surface area (Å²) in [6.45, 7) is 13.7. The van der Waals surface area contributed by atoms with Gasteiger partial charge < -0.3 is 0 Å². The van der Waals surface area contributed by atoms with Gasteiger partial charge in [0.15, 0.2) is 0 Å². The van der Waals surface area contributed by atoms with Crippen molar-refractivity contribution in [3.63, 3.8) is 0 Å². The van der Waals surface area contributed by atoms with Gasteiger partial charge in [-0.2, -0.15) is 0 Å². The Kier molecular flexibility index (Phi) is 5.29. The maximum absolute atomic E-state index is 4.74. The third kappa shape index (κ3) is 4.65. The summed E-state index contributed by atoms with van der Waals surface area (Å²) in [5, 5.41) is 3.77. The lowest BCUT2D eigenvalue weighted by molar-refractivity contribution is 0.411. The zero-order valence-corrected chi connectivity index (χ0v) is 21.3. The number of hydrogen-bond acceptors (Lipinski definition) is 3. The first-order valence-corrected chi connectivity index (χ1v) is 12.6. The van der Waals surface area contributed by atoms with E-state index in [-0.39, 0.29) is 10.8 Å². The number of benzene rings is 3. The third-order valence-electron chi connectivity index (χ3n) is 5.96. The molecule has 5 rings (SSSR count). The molecule has 168 valence electrons. The Morgan fingerprint density at radius 3 is 2.09 bits per heavy atom. The van der Waals surface area contributed by atoms with Crippen LogP contribution in [0.3, 0.4) is 0 Å². The highest BCUT2D eigenvalue weighted by atomic mass is 32.1. The highest BCUT2D eigenvalue weighted by Crippen LogP contribution is 2.39. The van der Waals surface area contributed by atoms with E-state index in [1.807, 2.05) is 11.3 Å². The molecule has 0 aliphatic heterocycles. The van der Waals surface area contributed by atoms with Crippen molar-refractivity contribution in [1.82, 2.24) is 9.97 Å². The van der Waals surface area contributed by atoms with Gasteiger partial charge in [0, 0.05) is 15.6 Å². The van der Waals surface area contributed by atoms with E-state index in [2.05, 4.69) is 101 Å². The molecule has 33 heavy (non-hydrogen) atoms. The molecule has 0 aliphatic carbocycles. The summed E-state index contributed by atoms with van der Waals surface area (Å²) >= 11 is 1.81. The molecule has 0 N–H and O–H groups in total. The van der Waals surface area contributed by atoms with E-state index in [0.717, 1.165) is 29.6 Å². The van der Waals surface area contributed by atoms with E-state index in [0.29, 0.717) is 0 Å². The number of aromatic nitrogens is 2. The van der Waals surface area contributed by atoms with Gasteiger partial charge >= 0.3 is 0 Å². The smallest absolute Gasteiger partial charge is 0.116 e. The average Bonchev–Trinajstić information content (AvgIpc) is 3.08. The highest BCUT2D eigenvalue weighted by Gasteiger charge is 2.16. The second-order valence-corrected chi connectivity index (χ2v) is 12.8. The van der Waals surface area contributed by atoms with Crippen molar-refractivity contribution >= 4 is 42.4 Å². The summed E-state index contributed by atoms with van der Waals surface area (Å²) < 4.78 is 2.47. The predicted molar refractivity (Wildman–Crippen MR) is 144 cm³/mol. The SMILES string of the molecule is CC(C)(C)Cc1ccc2ccc(-c3ncnc4c3sc3cc(CC(C)(C)C)ccc34)cc2c1. The summed E-state index contributed by atoms with van der Waals surface area (Å²) in [6, 6.07) is 20.4. The summed E-state index contributed by atoms with van der Waals surface area (Å²) in [6.07, 6.45) is 3.85. The summed E-state index contributed by atoms with van der Waals surface area (Å²) in [5.41, 5.74) is 6.55. The number of fused-ring (bicyclic) bond motifs is 4. The van der Waals surface area contributed by atoms with Crippen LogP contribution >= 0.6 is 11.3 Å². The molecule has 3 aromatic carbocycles. The fraction of sp³-hybridized carbons (Fsp3) is 0.333. The van der Waals surface area contributed by atoms with Crippen molar-refractivity contribution in [2.24, 2.45) is 10.8 Å². The Hall–Kier alpha value is -2.78. The second kappa shape index (κ2) is 7.92. The fourth-order valence-corrected chi connectivity index (χ4v) is 5.94. The summed E-state index contributed by atoms with van der Waals surface area (Å²) in [7, 11) is 0. The molecule has 0 aliphatic rings. The van der Waals surface area contributed by atoms with Crippen molar-refractivity contribution < 1.29 is 0 Å². The predicted octanol–water partition coefficient (Wildman–Crippen LogP) is 8.84. The molecule has 0 spiro atoms. The molecule has 0 unspecified atom stereocenters. The van der Waals surface area contributed by atoms with Crippen molar-refractivity contribution in [2.75, 3.05) is 0 Å². The minimum absolute atomic E-state index is 0.270. The van der Waals surface area contributed by atoms with Crippen LogP contribution in [-0.2, 0) is 12.8 Å². The van der Waals surface area contributed by atoms with Crippen LogP contribution < -0.4 is 0 Å². The lowest BCUT2D eigenvalue weighted by atomic mass is 9.87. The van der Waals surface area contributed by atoms with Crippen molar-refractivity contribution in [1.29, 1.82) is 0 Å². The lowest BCUT2D eigenvalue weighted by Crippen LogP contribution is -2.08. The van der Waals surface area contributed by atoms with Gasteiger partial charge in [0.25, 0.3) is 0 Å². The molecule has 2 nitrogen and oxygen atoms in total. The van der Waals surface area contributed by atoms with Gasteiger partial charge in [0.1, 0.15) is 6.33 Å².